The molecular formula is C17H13NO2S. The number of nitrogens with zero attached hydrogens (tertiary/aromatic N) is 1. The van der Waals surface area contributed by atoms with Gasteiger partial charge in [-0.3, -0.25) is 0 Å². The van der Waals surface area contributed by atoms with Gasteiger partial charge in [0.05, 0.1) is 17.1 Å². The van der Waals surface area contributed by atoms with E-state index in [1.807, 2.05) is 60.7 Å². The predicted molar refractivity (Wildman–Crippen MR) is 82.9 cm³/mol. The van der Waals surface area contributed by atoms with Crippen molar-refractivity contribution in [3.05, 3.63) is 87.9 Å². The number of rotatable bonds is 4. The first-order valence-electron chi connectivity index (χ1n) is 6.54. The lowest BCUT2D eigenvalue weighted by Crippen LogP contribution is -2.08. The highest BCUT2D eigenvalue weighted by Crippen LogP contribution is 2.34. The number of hydrogen-bond donors (Lipinski definition) is 1. The molecule has 0 saturated carbocycles. The Morgan fingerprint density at radius 1 is 0.952 bits per heavy atom. The number of carbonyl (C=O) groups is 1. The van der Waals surface area contributed by atoms with Crippen LogP contribution in [0, 0.1) is 0 Å². The average Bonchev–Trinajstić information content (AvgIpc) is 2.99. The van der Waals surface area contributed by atoms with Gasteiger partial charge >= 0.3 is 5.97 Å². The molecule has 0 aliphatic heterocycles. The lowest BCUT2D eigenvalue weighted by atomic mass is 9.88. The zero-order valence-electron chi connectivity index (χ0n) is 11.1. The molecular weight excluding hydrogens is 282 g/mol. The van der Waals surface area contributed by atoms with Gasteiger partial charge in [-0.25, -0.2) is 9.78 Å². The standard InChI is InChI=1S/C17H13NO2S/c19-17(20)16-15(18-11-21-16)14(12-7-3-1-4-8-12)13-9-5-2-6-10-13/h1-11,14H,(H,19,20). The van der Waals surface area contributed by atoms with Crippen molar-refractivity contribution >= 4 is 17.3 Å². The Morgan fingerprint density at radius 2 is 1.48 bits per heavy atom. The molecule has 1 heterocycles. The van der Waals surface area contributed by atoms with Crippen molar-refractivity contribution in [2.75, 3.05) is 0 Å². The lowest BCUT2D eigenvalue weighted by Gasteiger charge is -2.17. The molecule has 1 N–H and O–H groups in total. The molecule has 0 spiro atoms. The van der Waals surface area contributed by atoms with Crippen molar-refractivity contribution in [2.45, 2.75) is 5.92 Å². The van der Waals surface area contributed by atoms with Crippen LogP contribution in [0.1, 0.15) is 32.4 Å². The van der Waals surface area contributed by atoms with Gasteiger partial charge in [-0.15, -0.1) is 11.3 Å². The topological polar surface area (TPSA) is 50.2 Å². The van der Waals surface area contributed by atoms with Gasteiger partial charge in [0, 0.05) is 0 Å². The molecule has 0 fully saturated rings. The molecule has 0 aliphatic carbocycles. The zero-order valence-corrected chi connectivity index (χ0v) is 12.0. The summed E-state index contributed by atoms with van der Waals surface area (Å²) in [4.78, 5) is 16.0. The van der Waals surface area contributed by atoms with Gasteiger partial charge in [-0.1, -0.05) is 60.7 Å². The first-order chi connectivity index (χ1) is 10.3. The highest BCUT2D eigenvalue weighted by molar-refractivity contribution is 7.11. The summed E-state index contributed by atoms with van der Waals surface area (Å²) in [5.41, 5.74) is 4.27. The highest BCUT2D eigenvalue weighted by atomic mass is 32.1. The average molecular weight is 295 g/mol. The number of aromatic carboxylic acids is 1. The number of aromatic nitrogens is 1. The lowest BCUT2D eigenvalue weighted by molar-refractivity contribution is 0.0700. The minimum atomic E-state index is -0.927. The number of thiazole rings is 1. The first kappa shape index (κ1) is 13.5. The SMILES string of the molecule is O=C(O)c1scnc1C(c1ccccc1)c1ccccc1. The molecule has 3 nitrogen and oxygen atoms in total. The van der Waals surface area contributed by atoms with E-state index in [4.69, 9.17) is 0 Å². The van der Waals surface area contributed by atoms with E-state index in [1.165, 1.54) is 0 Å². The molecule has 1 aromatic heterocycles. The smallest absolute Gasteiger partial charge is 0.347 e. The maximum Gasteiger partial charge on any atom is 0.347 e. The summed E-state index contributed by atoms with van der Waals surface area (Å²) in [6.07, 6.45) is 0. The van der Waals surface area contributed by atoms with Crippen molar-refractivity contribution in [3.8, 4) is 0 Å². The van der Waals surface area contributed by atoms with Gasteiger partial charge in [-0.05, 0) is 11.1 Å². The summed E-state index contributed by atoms with van der Waals surface area (Å²) >= 11 is 1.16. The number of carboxylic acid groups (broad SMARTS) is 1. The van der Waals surface area contributed by atoms with Gasteiger partial charge in [0.15, 0.2) is 0 Å². The van der Waals surface area contributed by atoms with Crippen molar-refractivity contribution in [2.24, 2.45) is 0 Å². The molecule has 3 rings (SSSR count). The summed E-state index contributed by atoms with van der Waals surface area (Å²) < 4.78 is 0. The fourth-order valence-electron chi connectivity index (χ4n) is 2.42. The first-order valence-corrected chi connectivity index (χ1v) is 7.42. The molecule has 3 aromatic rings. The molecule has 21 heavy (non-hydrogen) atoms. The number of hydrogen-bond acceptors (Lipinski definition) is 3. The Labute approximate surface area is 126 Å². The van der Waals surface area contributed by atoms with E-state index in [1.54, 1.807) is 5.51 Å². The Kier molecular flexibility index (Phi) is 3.79. The second-order valence-corrected chi connectivity index (χ2v) is 5.48. The van der Waals surface area contributed by atoms with E-state index < -0.39 is 5.97 Å². The fourth-order valence-corrected chi connectivity index (χ4v) is 3.08. The van der Waals surface area contributed by atoms with Crippen LogP contribution in [0.5, 0.6) is 0 Å². The number of carboxylic acids is 1. The van der Waals surface area contributed by atoms with Crippen LogP contribution in [-0.4, -0.2) is 16.1 Å². The van der Waals surface area contributed by atoms with Crippen molar-refractivity contribution in [1.29, 1.82) is 0 Å². The van der Waals surface area contributed by atoms with Crippen LogP contribution in [-0.2, 0) is 0 Å². The van der Waals surface area contributed by atoms with Crippen LogP contribution in [0.25, 0.3) is 0 Å². The van der Waals surface area contributed by atoms with E-state index in [9.17, 15) is 9.90 Å². The molecule has 0 atom stereocenters. The zero-order chi connectivity index (χ0) is 14.7. The minimum Gasteiger partial charge on any atom is -0.477 e. The maximum atomic E-state index is 11.4. The Morgan fingerprint density at radius 3 is 1.95 bits per heavy atom. The molecule has 0 bridgehead atoms. The Bertz CT molecular complexity index is 698. The van der Waals surface area contributed by atoms with Gasteiger partial charge in [0.25, 0.3) is 0 Å². The molecule has 0 radical (unpaired) electrons. The van der Waals surface area contributed by atoms with E-state index in [-0.39, 0.29) is 5.92 Å². The van der Waals surface area contributed by atoms with E-state index >= 15 is 0 Å². The summed E-state index contributed by atoms with van der Waals surface area (Å²) in [5, 5.41) is 9.37. The van der Waals surface area contributed by atoms with Crippen molar-refractivity contribution in [1.82, 2.24) is 4.98 Å². The van der Waals surface area contributed by atoms with E-state index in [0.717, 1.165) is 22.5 Å². The molecule has 0 aliphatic rings. The summed E-state index contributed by atoms with van der Waals surface area (Å²) in [6, 6.07) is 19.7. The van der Waals surface area contributed by atoms with Crippen LogP contribution >= 0.6 is 11.3 Å². The fraction of sp³-hybridized carbons (Fsp3) is 0.0588. The third kappa shape index (κ3) is 2.71. The van der Waals surface area contributed by atoms with Crippen molar-refractivity contribution in [3.63, 3.8) is 0 Å². The van der Waals surface area contributed by atoms with E-state index in [2.05, 4.69) is 4.98 Å². The van der Waals surface area contributed by atoms with Crippen LogP contribution in [0.15, 0.2) is 66.2 Å². The second kappa shape index (κ2) is 5.89. The molecule has 0 unspecified atom stereocenters. The summed E-state index contributed by atoms with van der Waals surface area (Å²) in [6.45, 7) is 0. The third-order valence-electron chi connectivity index (χ3n) is 3.33. The monoisotopic (exact) mass is 295 g/mol. The number of benzene rings is 2. The van der Waals surface area contributed by atoms with Gasteiger partial charge in [0.1, 0.15) is 4.88 Å². The largest absolute Gasteiger partial charge is 0.477 e. The Hall–Kier alpha value is -2.46. The third-order valence-corrected chi connectivity index (χ3v) is 4.16. The predicted octanol–water partition coefficient (Wildman–Crippen LogP) is 4.02. The molecule has 0 amide bonds. The quantitative estimate of drug-likeness (QED) is 0.791. The normalized spacial score (nSPS) is 10.7. The Balaban J connectivity index is 2.18. The van der Waals surface area contributed by atoms with Crippen molar-refractivity contribution < 1.29 is 9.90 Å². The van der Waals surface area contributed by atoms with Crippen LogP contribution < -0.4 is 0 Å². The van der Waals surface area contributed by atoms with Gasteiger partial charge in [0.2, 0.25) is 0 Å². The van der Waals surface area contributed by atoms with Crippen LogP contribution in [0.4, 0.5) is 0 Å². The highest BCUT2D eigenvalue weighted by Gasteiger charge is 2.25. The van der Waals surface area contributed by atoms with E-state index in [0.29, 0.717) is 10.6 Å². The van der Waals surface area contributed by atoms with Crippen LogP contribution in [0.2, 0.25) is 0 Å². The summed E-state index contributed by atoms with van der Waals surface area (Å²) in [5.74, 6) is -1.09. The molecule has 0 saturated heterocycles. The van der Waals surface area contributed by atoms with Crippen LogP contribution in [0.3, 0.4) is 0 Å². The van der Waals surface area contributed by atoms with Gasteiger partial charge in [-0.2, -0.15) is 0 Å². The molecule has 4 heteroatoms. The molecule has 104 valence electrons. The molecule has 2 aromatic carbocycles. The second-order valence-electron chi connectivity index (χ2n) is 4.63. The minimum absolute atomic E-state index is 0.162. The maximum absolute atomic E-state index is 11.4. The van der Waals surface area contributed by atoms with Gasteiger partial charge < -0.3 is 5.11 Å². The summed E-state index contributed by atoms with van der Waals surface area (Å²) in [7, 11) is 0.